The van der Waals surface area contributed by atoms with Crippen molar-refractivity contribution < 1.29 is 0 Å². The van der Waals surface area contributed by atoms with Crippen molar-refractivity contribution in [3.05, 3.63) is 125 Å². The lowest BCUT2D eigenvalue weighted by atomic mass is 9.49. The zero-order valence-corrected chi connectivity index (χ0v) is 21.5. The third kappa shape index (κ3) is 3.48. The summed E-state index contributed by atoms with van der Waals surface area (Å²) in [5.41, 5.74) is 31.7. The number of hydrogen-bond acceptors (Lipinski definition) is 4. The number of hydrogen-bond donors (Lipinski definition) is 4. The Balaban J connectivity index is 1.87. The van der Waals surface area contributed by atoms with Crippen molar-refractivity contribution in [2.45, 2.75) is 49.5 Å². The summed E-state index contributed by atoms with van der Waals surface area (Å²) in [6.45, 7) is 8.95. The van der Waals surface area contributed by atoms with Gasteiger partial charge in [0.15, 0.2) is 0 Å². The van der Waals surface area contributed by atoms with Crippen molar-refractivity contribution >= 4 is 17.1 Å². The molecule has 4 atom stereocenters. The molecule has 5 rings (SSSR count). The normalized spacial score (nSPS) is 31.4. The molecule has 3 aromatic carbocycles. The molecule has 0 spiro atoms. The average Bonchev–Trinajstić information content (AvgIpc) is 2.84. The van der Waals surface area contributed by atoms with Crippen molar-refractivity contribution in [3.63, 3.8) is 0 Å². The molecule has 0 bridgehead atoms. The fourth-order valence-corrected chi connectivity index (χ4v) is 6.36. The van der Waals surface area contributed by atoms with E-state index in [1.54, 1.807) is 0 Å². The van der Waals surface area contributed by atoms with Gasteiger partial charge < -0.3 is 22.9 Å². The number of benzene rings is 3. The smallest absolute Gasteiger partial charge is 0.0541 e. The van der Waals surface area contributed by atoms with Crippen LogP contribution in [0, 0.1) is 0 Å². The quantitative estimate of drug-likeness (QED) is 0.285. The Morgan fingerprint density at radius 3 is 1.03 bits per heavy atom. The van der Waals surface area contributed by atoms with Crippen LogP contribution in [0.25, 0.3) is 0 Å². The van der Waals surface area contributed by atoms with E-state index < -0.39 is 21.8 Å². The topological polar surface area (TPSA) is 104 Å². The van der Waals surface area contributed by atoms with E-state index in [-0.39, 0.29) is 0 Å². The monoisotopic (exact) mass is 476 g/mol. The van der Waals surface area contributed by atoms with Crippen molar-refractivity contribution in [1.82, 2.24) is 0 Å². The molecule has 4 nitrogen and oxygen atoms in total. The number of nitrogen functional groups attached to an aromatic ring is 3. The standard InChI is InChI=1S/C32H36N4/c1-29(21-5-11-24(33)12-6-21)17-18-31(3,23-9-15-26(35)16-10-23)28-27(29)30(2,19-20-32(28,4)36)22-7-13-25(34)14-8-22/h5-20H,33-36H2,1-4H3. The zero-order chi connectivity index (χ0) is 25.9. The molecule has 4 unspecified atom stereocenters. The van der Waals surface area contributed by atoms with Crippen LogP contribution in [0.3, 0.4) is 0 Å². The van der Waals surface area contributed by atoms with Crippen LogP contribution in [0.2, 0.25) is 0 Å². The lowest BCUT2D eigenvalue weighted by Gasteiger charge is -2.54. The Labute approximate surface area is 214 Å². The second-order valence-electron chi connectivity index (χ2n) is 11.2. The number of rotatable bonds is 3. The molecular formula is C32H36N4. The van der Waals surface area contributed by atoms with Gasteiger partial charge in [-0.15, -0.1) is 0 Å². The van der Waals surface area contributed by atoms with Gasteiger partial charge in [-0.2, -0.15) is 0 Å². The predicted molar refractivity (Wildman–Crippen MR) is 153 cm³/mol. The third-order valence-corrected chi connectivity index (χ3v) is 8.39. The molecular weight excluding hydrogens is 440 g/mol. The fourth-order valence-electron chi connectivity index (χ4n) is 6.36. The van der Waals surface area contributed by atoms with Gasteiger partial charge in [0.1, 0.15) is 0 Å². The molecule has 184 valence electrons. The lowest BCUT2D eigenvalue weighted by Crippen LogP contribution is -2.54. The molecule has 2 aliphatic rings. The molecule has 2 aliphatic carbocycles. The minimum Gasteiger partial charge on any atom is -0.399 e. The summed E-state index contributed by atoms with van der Waals surface area (Å²) in [5, 5.41) is 0. The summed E-state index contributed by atoms with van der Waals surface area (Å²) in [6, 6.07) is 24.6. The number of anilines is 3. The van der Waals surface area contributed by atoms with E-state index in [2.05, 4.69) is 88.4 Å². The maximum atomic E-state index is 7.18. The van der Waals surface area contributed by atoms with Crippen LogP contribution in [-0.4, -0.2) is 5.54 Å². The minimum atomic E-state index is -0.668. The lowest BCUT2D eigenvalue weighted by molar-refractivity contribution is 0.438. The Hall–Kier alpha value is -3.76. The highest BCUT2D eigenvalue weighted by atomic mass is 14.8. The Bertz CT molecular complexity index is 1340. The van der Waals surface area contributed by atoms with E-state index in [1.165, 1.54) is 22.3 Å². The zero-order valence-electron chi connectivity index (χ0n) is 21.5. The molecule has 36 heavy (non-hydrogen) atoms. The van der Waals surface area contributed by atoms with Crippen LogP contribution in [0.5, 0.6) is 0 Å². The molecule has 0 saturated heterocycles. The van der Waals surface area contributed by atoms with Crippen molar-refractivity contribution in [2.75, 3.05) is 17.2 Å². The van der Waals surface area contributed by atoms with E-state index in [0.29, 0.717) is 0 Å². The first-order valence-corrected chi connectivity index (χ1v) is 12.4. The minimum absolute atomic E-state index is 0.419. The number of allylic oxidation sites excluding steroid dienone is 4. The van der Waals surface area contributed by atoms with Gasteiger partial charge in [-0.05, 0) is 91.9 Å². The van der Waals surface area contributed by atoms with Crippen molar-refractivity contribution in [2.24, 2.45) is 5.73 Å². The van der Waals surface area contributed by atoms with Gasteiger partial charge in [-0.1, -0.05) is 60.7 Å². The second kappa shape index (κ2) is 7.87. The molecule has 0 amide bonds. The fraction of sp³-hybridized carbons (Fsp3) is 0.250. The second-order valence-corrected chi connectivity index (χ2v) is 11.2. The van der Waals surface area contributed by atoms with Crippen LogP contribution in [-0.2, 0) is 16.2 Å². The molecule has 0 radical (unpaired) electrons. The summed E-state index contributed by atoms with van der Waals surface area (Å²) >= 11 is 0. The molecule has 3 aromatic rings. The van der Waals surface area contributed by atoms with Gasteiger partial charge in [0, 0.05) is 33.3 Å². The van der Waals surface area contributed by atoms with Gasteiger partial charge in [0.25, 0.3) is 0 Å². The first-order chi connectivity index (χ1) is 16.9. The van der Waals surface area contributed by atoms with Crippen LogP contribution in [0.15, 0.2) is 108 Å². The first kappa shape index (κ1) is 24.0. The maximum absolute atomic E-state index is 7.18. The number of nitrogens with two attached hydrogens (primary N) is 4. The van der Waals surface area contributed by atoms with Crippen LogP contribution >= 0.6 is 0 Å². The first-order valence-electron chi connectivity index (χ1n) is 12.4. The van der Waals surface area contributed by atoms with E-state index >= 15 is 0 Å². The molecule has 0 fully saturated rings. The highest BCUT2D eigenvalue weighted by molar-refractivity contribution is 5.67. The summed E-state index contributed by atoms with van der Waals surface area (Å²) in [4.78, 5) is 0. The Kier molecular flexibility index (Phi) is 5.24. The molecule has 4 heteroatoms. The van der Waals surface area contributed by atoms with E-state index in [9.17, 15) is 0 Å². The summed E-state index contributed by atoms with van der Waals surface area (Å²) in [6.07, 6.45) is 9.11. The summed E-state index contributed by atoms with van der Waals surface area (Å²) < 4.78 is 0. The van der Waals surface area contributed by atoms with Gasteiger partial charge in [0.2, 0.25) is 0 Å². The van der Waals surface area contributed by atoms with Crippen LogP contribution in [0.4, 0.5) is 17.1 Å². The highest BCUT2D eigenvalue weighted by Gasteiger charge is 2.53. The van der Waals surface area contributed by atoms with Crippen molar-refractivity contribution in [1.29, 1.82) is 0 Å². The molecule has 0 aliphatic heterocycles. The van der Waals surface area contributed by atoms with E-state index in [4.69, 9.17) is 22.9 Å². The highest BCUT2D eigenvalue weighted by Crippen LogP contribution is 2.58. The summed E-state index contributed by atoms with van der Waals surface area (Å²) in [7, 11) is 0. The van der Waals surface area contributed by atoms with Gasteiger partial charge in [0.05, 0.1) is 5.54 Å². The maximum Gasteiger partial charge on any atom is 0.0541 e. The predicted octanol–water partition coefficient (Wildman–Crippen LogP) is 5.76. The van der Waals surface area contributed by atoms with E-state index in [1.807, 2.05) is 36.4 Å². The van der Waals surface area contributed by atoms with Crippen molar-refractivity contribution in [3.8, 4) is 0 Å². The van der Waals surface area contributed by atoms with Crippen LogP contribution < -0.4 is 22.9 Å². The third-order valence-electron chi connectivity index (χ3n) is 8.39. The molecule has 8 N–H and O–H groups in total. The Morgan fingerprint density at radius 2 is 0.694 bits per heavy atom. The van der Waals surface area contributed by atoms with Gasteiger partial charge in [-0.3, -0.25) is 0 Å². The average molecular weight is 477 g/mol. The Morgan fingerprint density at radius 1 is 0.417 bits per heavy atom. The molecule has 0 aromatic heterocycles. The summed E-state index contributed by atoms with van der Waals surface area (Å²) in [5.74, 6) is 0. The van der Waals surface area contributed by atoms with Crippen LogP contribution in [0.1, 0.15) is 44.4 Å². The molecule has 0 heterocycles. The molecule has 0 saturated carbocycles. The largest absolute Gasteiger partial charge is 0.399 e. The SMILES string of the molecule is CC1(N)C=CC(C)(c2ccc(N)cc2)C2=C1C(C)(c1ccc(N)cc1)C=CC2(C)c1ccc(N)cc1. The van der Waals surface area contributed by atoms with Gasteiger partial charge >= 0.3 is 0 Å². The van der Waals surface area contributed by atoms with E-state index in [0.717, 1.165) is 22.6 Å². The van der Waals surface area contributed by atoms with Gasteiger partial charge in [-0.25, -0.2) is 0 Å².